The Labute approximate surface area is 132 Å². The summed E-state index contributed by atoms with van der Waals surface area (Å²) in [5.74, 6) is 1.00. The highest BCUT2D eigenvalue weighted by Gasteiger charge is 2.08. The molecule has 0 amide bonds. The molecule has 1 aliphatic heterocycles. The molecule has 5 heteroatoms. The lowest BCUT2D eigenvalue weighted by atomic mass is 10.1. The Balaban J connectivity index is 0.00000120. The molecule has 0 spiro atoms. The molecular formula is C13H12ClIN2S. The van der Waals surface area contributed by atoms with Gasteiger partial charge in [0.05, 0.1) is 10.9 Å². The van der Waals surface area contributed by atoms with Gasteiger partial charge in [-0.2, -0.15) is 0 Å². The van der Waals surface area contributed by atoms with Crippen LogP contribution in [0.5, 0.6) is 0 Å². The highest BCUT2D eigenvalue weighted by molar-refractivity contribution is 14.0. The topological polar surface area (TPSA) is 24.4 Å². The average Bonchev–Trinajstić information content (AvgIpc) is 3.00. The first-order valence-corrected chi connectivity index (χ1v) is 6.67. The van der Waals surface area contributed by atoms with Crippen molar-refractivity contribution in [2.24, 2.45) is 4.99 Å². The second-order valence-electron chi connectivity index (χ2n) is 3.84. The standard InChI is InChI=1S/C13H11ClN2S.HI/c14-12-6-5-11(17-12)9-1-3-10(4-2-9)13-15-7-8-16-13;/h1-6H,7-8H2,(H,15,16);1H. The van der Waals surface area contributed by atoms with E-state index in [1.165, 1.54) is 10.4 Å². The summed E-state index contributed by atoms with van der Waals surface area (Å²) in [5, 5.41) is 3.27. The number of hydrogen-bond acceptors (Lipinski definition) is 3. The van der Waals surface area contributed by atoms with E-state index in [0.717, 1.165) is 28.8 Å². The third-order valence-corrected chi connectivity index (χ3v) is 3.97. The minimum atomic E-state index is 0. The van der Waals surface area contributed by atoms with Gasteiger partial charge in [-0.05, 0) is 17.7 Å². The van der Waals surface area contributed by atoms with Crippen LogP contribution >= 0.6 is 46.9 Å². The van der Waals surface area contributed by atoms with Crippen molar-refractivity contribution in [2.75, 3.05) is 13.1 Å². The van der Waals surface area contributed by atoms with E-state index in [0.29, 0.717) is 0 Å². The number of nitrogens with one attached hydrogen (secondary N) is 1. The van der Waals surface area contributed by atoms with Crippen molar-refractivity contribution in [3.05, 3.63) is 46.3 Å². The predicted octanol–water partition coefficient (Wildman–Crippen LogP) is 4.04. The normalized spacial score (nSPS) is 13.7. The third-order valence-electron chi connectivity index (χ3n) is 2.69. The average molecular weight is 391 g/mol. The van der Waals surface area contributed by atoms with E-state index < -0.39 is 0 Å². The quantitative estimate of drug-likeness (QED) is 0.769. The molecule has 0 saturated carbocycles. The van der Waals surface area contributed by atoms with Gasteiger partial charge in [0.1, 0.15) is 5.84 Å². The summed E-state index contributed by atoms with van der Waals surface area (Å²) in [7, 11) is 0. The molecule has 0 atom stereocenters. The van der Waals surface area contributed by atoms with Crippen molar-refractivity contribution in [1.29, 1.82) is 0 Å². The van der Waals surface area contributed by atoms with Crippen LogP contribution in [0.3, 0.4) is 0 Å². The fraction of sp³-hybridized carbons (Fsp3) is 0.154. The number of thiophene rings is 1. The predicted molar refractivity (Wildman–Crippen MR) is 89.6 cm³/mol. The van der Waals surface area contributed by atoms with Crippen LogP contribution in [0.2, 0.25) is 4.34 Å². The number of amidine groups is 1. The monoisotopic (exact) mass is 390 g/mol. The van der Waals surface area contributed by atoms with Gasteiger partial charge in [0.15, 0.2) is 0 Å². The van der Waals surface area contributed by atoms with Crippen molar-refractivity contribution in [3.63, 3.8) is 0 Å². The largest absolute Gasteiger partial charge is 0.368 e. The van der Waals surface area contributed by atoms with Crippen LogP contribution in [0.25, 0.3) is 10.4 Å². The minimum absolute atomic E-state index is 0. The lowest BCUT2D eigenvalue weighted by Crippen LogP contribution is -2.19. The molecule has 1 aromatic heterocycles. The van der Waals surface area contributed by atoms with Crippen LogP contribution in [-0.2, 0) is 0 Å². The molecule has 2 nitrogen and oxygen atoms in total. The molecule has 18 heavy (non-hydrogen) atoms. The summed E-state index contributed by atoms with van der Waals surface area (Å²) < 4.78 is 0.825. The Hall–Kier alpha value is -0.590. The first-order valence-electron chi connectivity index (χ1n) is 5.47. The van der Waals surface area contributed by atoms with E-state index in [1.807, 2.05) is 12.1 Å². The van der Waals surface area contributed by atoms with E-state index in [9.17, 15) is 0 Å². The van der Waals surface area contributed by atoms with Gasteiger partial charge in [0.25, 0.3) is 0 Å². The Bertz CT molecular complexity index is 563. The maximum atomic E-state index is 5.93. The Kier molecular flexibility index (Phi) is 4.64. The molecule has 0 radical (unpaired) electrons. The van der Waals surface area contributed by atoms with Crippen LogP contribution in [0.4, 0.5) is 0 Å². The fourth-order valence-corrected chi connectivity index (χ4v) is 2.90. The maximum Gasteiger partial charge on any atom is 0.128 e. The molecule has 2 aromatic rings. The minimum Gasteiger partial charge on any atom is -0.368 e. The number of rotatable bonds is 2. The van der Waals surface area contributed by atoms with Crippen LogP contribution in [0, 0.1) is 0 Å². The molecular weight excluding hydrogens is 379 g/mol. The fourth-order valence-electron chi connectivity index (χ4n) is 1.85. The molecule has 0 unspecified atom stereocenters. The second-order valence-corrected chi connectivity index (χ2v) is 5.55. The summed E-state index contributed by atoms with van der Waals surface area (Å²) in [5.41, 5.74) is 2.35. The van der Waals surface area contributed by atoms with E-state index >= 15 is 0 Å². The van der Waals surface area contributed by atoms with Gasteiger partial charge in [-0.3, -0.25) is 4.99 Å². The van der Waals surface area contributed by atoms with Crippen LogP contribution < -0.4 is 5.32 Å². The summed E-state index contributed by atoms with van der Waals surface area (Å²) in [6, 6.07) is 12.4. The van der Waals surface area contributed by atoms with Crippen molar-refractivity contribution in [1.82, 2.24) is 5.32 Å². The maximum absolute atomic E-state index is 5.93. The molecule has 1 aromatic carbocycles. The lowest BCUT2D eigenvalue weighted by molar-refractivity contribution is 0.960. The van der Waals surface area contributed by atoms with Gasteiger partial charge in [0.2, 0.25) is 0 Å². The summed E-state index contributed by atoms with van der Waals surface area (Å²) >= 11 is 7.53. The zero-order valence-electron chi connectivity index (χ0n) is 9.52. The number of halogens is 2. The zero-order valence-corrected chi connectivity index (χ0v) is 13.4. The highest BCUT2D eigenvalue weighted by atomic mass is 127. The van der Waals surface area contributed by atoms with Crippen LogP contribution in [0.1, 0.15) is 5.56 Å². The Morgan fingerprint density at radius 1 is 1.06 bits per heavy atom. The summed E-state index contributed by atoms with van der Waals surface area (Å²) in [6.45, 7) is 1.81. The molecule has 0 fully saturated rings. The third kappa shape index (κ3) is 2.87. The smallest absolute Gasteiger partial charge is 0.128 e. The molecule has 94 valence electrons. The van der Waals surface area contributed by atoms with E-state index in [2.05, 4.69) is 34.6 Å². The Morgan fingerprint density at radius 2 is 1.78 bits per heavy atom. The van der Waals surface area contributed by atoms with E-state index in [-0.39, 0.29) is 24.0 Å². The van der Waals surface area contributed by atoms with Gasteiger partial charge in [-0.25, -0.2) is 0 Å². The molecule has 3 rings (SSSR count). The Morgan fingerprint density at radius 3 is 2.33 bits per heavy atom. The van der Waals surface area contributed by atoms with Gasteiger partial charge >= 0.3 is 0 Å². The molecule has 0 saturated heterocycles. The van der Waals surface area contributed by atoms with Gasteiger partial charge in [-0.1, -0.05) is 35.9 Å². The molecule has 1 aliphatic rings. The van der Waals surface area contributed by atoms with E-state index in [4.69, 9.17) is 11.6 Å². The van der Waals surface area contributed by atoms with Crippen molar-refractivity contribution in [3.8, 4) is 10.4 Å². The van der Waals surface area contributed by atoms with Crippen molar-refractivity contribution < 1.29 is 0 Å². The highest BCUT2D eigenvalue weighted by Crippen LogP contribution is 2.30. The summed E-state index contributed by atoms with van der Waals surface area (Å²) in [6.07, 6.45) is 0. The van der Waals surface area contributed by atoms with Gasteiger partial charge in [0, 0.05) is 17.0 Å². The summed E-state index contributed by atoms with van der Waals surface area (Å²) in [4.78, 5) is 5.60. The first-order chi connectivity index (χ1) is 8.33. The lowest BCUT2D eigenvalue weighted by Gasteiger charge is -2.03. The number of aliphatic imine (C=N–C) groups is 1. The van der Waals surface area contributed by atoms with Crippen molar-refractivity contribution >= 4 is 52.7 Å². The zero-order chi connectivity index (χ0) is 11.7. The van der Waals surface area contributed by atoms with Crippen LogP contribution in [0.15, 0.2) is 41.4 Å². The molecule has 0 bridgehead atoms. The first kappa shape index (κ1) is 13.8. The second kappa shape index (κ2) is 6.04. The molecule has 0 aliphatic carbocycles. The number of nitrogens with zero attached hydrogens (tertiary/aromatic N) is 1. The molecule has 2 heterocycles. The number of benzene rings is 1. The number of hydrogen-bond donors (Lipinski definition) is 1. The van der Waals surface area contributed by atoms with Crippen LogP contribution in [-0.4, -0.2) is 18.9 Å². The van der Waals surface area contributed by atoms with Crippen molar-refractivity contribution in [2.45, 2.75) is 0 Å². The SMILES string of the molecule is Clc1ccc(-c2ccc(C3=NCCN3)cc2)s1.I. The van der Waals surface area contributed by atoms with Gasteiger partial charge in [-0.15, -0.1) is 35.3 Å². The molecule has 1 N–H and O–H groups in total. The van der Waals surface area contributed by atoms with Gasteiger partial charge < -0.3 is 5.32 Å². The van der Waals surface area contributed by atoms with E-state index in [1.54, 1.807) is 11.3 Å².